The lowest BCUT2D eigenvalue weighted by Gasteiger charge is -2.27. The van der Waals surface area contributed by atoms with E-state index < -0.39 is 11.9 Å². The molecule has 19 heavy (non-hydrogen) atoms. The van der Waals surface area contributed by atoms with Crippen LogP contribution >= 0.6 is 15.9 Å². The number of rotatable bonds is 6. The molecule has 0 amide bonds. The number of halogens is 1. The van der Waals surface area contributed by atoms with Crippen molar-refractivity contribution in [3.05, 3.63) is 22.7 Å². The van der Waals surface area contributed by atoms with Crippen molar-refractivity contribution in [3.63, 3.8) is 0 Å². The van der Waals surface area contributed by atoms with Crippen LogP contribution in [-0.2, 0) is 4.79 Å². The van der Waals surface area contributed by atoms with Crippen molar-refractivity contribution in [3.8, 4) is 5.75 Å². The van der Waals surface area contributed by atoms with Gasteiger partial charge in [0.1, 0.15) is 5.75 Å². The molecule has 0 aliphatic carbocycles. The number of ether oxygens (including phenoxy) is 1. The first-order valence-electron chi connectivity index (χ1n) is 6.14. The maximum atomic E-state index is 11.3. The van der Waals surface area contributed by atoms with E-state index in [0.717, 1.165) is 15.9 Å². The minimum Gasteiger partial charge on any atom is -0.495 e. The third kappa shape index (κ3) is 4.13. The van der Waals surface area contributed by atoms with Gasteiger partial charge >= 0.3 is 5.97 Å². The first-order valence-corrected chi connectivity index (χ1v) is 6.93. The van der Waals surface area contributed by atoms with Crippen LogP contribution in [0.15, 0.2) is 22.7 Å². The average molecular weight is 330 g/mol. The summed E-state index contributed by atoms with van der Waals surface area (Å²) in [5.74, 6) is -0.360. The maximum absolute atomic E-state index is 11.3. The van der Waals surface area contributed by atoms with E-state index in [2.05, 4.69) is 15.9 Å². The van der Waals surface area contributed by atoms with Crippen molar-refractivity contribution in [2.45, 2.75) is 13.8 Å². The predicted molar refractivity (Wildman–Crippen MR) is 79.9 cm³/mol. The van der Waals surface area contributed by atoms with E-state index in [1.54, 1.807) is 7.11 Å². The molecule has 0 heterocycles. The Bertz CT molecular complexity index is 448. The zero-order valence-electron chi connectivity index (χ0n) is 11.7. The Labute approximate surface area is 122 Å². The highest BCUT2D eigenvalue weighted by molar-refractivity contribution is 9.10. The summed E-state index contributed by atoms with van der Waals surface area (Å²) in [5, 5.41) is 9.25. The molecule has 0 saturated carbocycles. The molecule has 0 aromatic heterocycles. The van der Waals surface area contributed by atoms with Crippen molar-refractivity contribution < 1.29 is 14.6 Å². The molecule has 0 saturated heterocycles. The van der Waals surface area contributed by atoms with Crippen LogP contribution in [0.3, 0.4) is 0 Å². The second-order valence-corrected chi connectivity index (χ2v) is 5.80. The third-order valence-electron chi connectivity index (χ3n) is 3.14. The number of carboxylic acids is 1. The summed E-state index contributed by atoms with van der Waals surface area (Å²) < 4.78 is 6.25. The van der Waals surface area contributed by atoms with Crippen molar-refractivity contribution in [1.82, 2.24) is 0 Å². The van der Waals surface area contributed by atoms with Gasteiger partial charge in [-0.1, -0.05) is 29.8 Å². The highest BCUT2D eigenvalue weighted by Crippen LogP contribution is 2.31. The van der Waals surface area contributed by atoms with E-state index in [-0.39, 0.29) is 5.92 Å². The van der Waals surface area contributed by atoms with Crippen LogP contribution in [0.25, 0.3) is 0 Å². The normalized spacial score (nSPS) is 12.3. The number of carboxylic acid groups (broad SMARTS) is 1. The van der Waals surface area contributed by atoms with E-state index in [1.165, 1.54) is 0 Å². The Balaban J connectivity index is 2.96. The predicted octanol–water partition coefficient (Wildman–Crippen LogP) is 3.25. The van der Waals surface area contributed by atoms with Gasteiger partial charge in [0.15, 0.2) is 0 Å². The molecule has 1 aromatic carbocycles. The first-order chi connectivity index (χ1) is 8.86. The van der Waals surface area contributed by atoms with Gasteiger partial charge in [0.2, 0.25) is 0 Å². The van der Waals surface area contributed by atoms with E-state index in [0.29, 0.717) is 6.54 Å². The van der Waals surface area contributed by atoms with Gasteiger partial charge in [-0.2, -0.15) is 0 Å². The second kappa shape index (κ2) is 6.80. The Morgan fingerprint density at radius 3 is 2.58 bits per heavy atom. The van der Waals surface area contributed by atoms with Crippen LogP contribution in [0.2, 0.25) is 0 Å². The highest BCUT2D eigenvalue weighted by Gasteiger charge is 2.24. The van der Waals surface area contributed by atoms with Crippen molar-refractivity contribution in [2.24, 2.45) is 11.8 Å². The molecule has 1 unspecified atom stereocenters. The molecule has 1 N–H and O–H groups in total. The fraction of sp³-hybridized carbons (Fsp3) is 0.500. The molecule has 1 atom stereocenters. The molecule has 5 heteroatoms. The van der Waals surface area contributed by atoms with Gasteiger partial charge in [0.05, 0.1) is 18.7 Å². The number of carbonyl (C=O) groups is 1. The topological polar surface area (TPSA) is 49.8 Å². The SMILES string of the molecule is COc1ccc(Br)cc1N(C)CC(C(=O)O)C(C)C. The quantitative estimate of drug-likeness (QED) is 0.870. The minimum atomic E-state index is -0.768. The first kappa shape index (κ1) is 15.8. The van der Waals surface area contributed by atoms with E-state index in [4.69, 9.17) is 4.74 Å². The van der Waals surface area contributed by atoms with Crippen molar-refractivity contribution in [1.29, 1.82) is 0 Å². The summed E-state index contributed by atoms with van der Waals surface area (Å²) in [4.78, 5) is 13.2. The van der Waals surface area contributed by atoms with Crippen LogP contribution in [0.1, 0.15) is 13.8 Å². The summed E-state index contributed by atoms with van der Waals surface area (Å²) in [6, 6.07) is 5.69. The smallest absolute Gasteiger partial charge is 0.308 e. The lowest BCUT2D eigenvalue weighted by atomic mass is 9.95. The Morgan fingerprint density at radius 2 is 2.11 bits per heavy atom. The van der Waals surface area contributed by atoms with Crippen molar-refractivity contribution >= 4 is 27.6 Å². The number of methoxy groups -OCH3 is 1. The van der Waals surface area contributed by atoms with Crippen LogP contribution < -0.4 is 9.64 Å². The molecule has 0 spiro atoms. The van der Waals surface area contributed by atoms with Crippen LogP contribution in [-0.4, -0.2) is 31.8 Å². The van der Waals surface area contributed by atoms with E-state index in [9.17, 15) is 9.90 Å². The number of hydrogen-bond donors (Lipinski definition) is 1. The average Bonchev–Trinajstić information content (AvgIpc) is 2.34. The Kier molecular flexibility index (Phi) is 5.66. The molecule has 0 aliphatic heterocycles. The number of nitrogens with zero attached hydrogens (tertiary/aromatic N) is 1. The van der Waals surface area contributed by atoms with E-state index in [1.807, 2.05) is 44.0 Å². The summed E-state index contributed by atoms with van der Waals surface area (Å²) in [5.41, 5.74) is 0.878. The molecule has 1 aromatic rings. The number of anilines is 1. The van der Waals surface area contributed by atoms with Gasteiger partial charge in [-0.05, 0) is 24.1 Å². The largest absolute Gasteiger partial charge is 0.495 e. The van der Waals surface area contributed by atoms with Crippen LogP contribution in [0.5, 0.6) is 5.75 Å². The molecule has 0 aliphatic rings. The van der Waals surface area contributed by atoms with Crippen LogP contribution in [0, 0.1) is 11.8 Å². The second-order valence-electron chi connectivity index (χ2n) is 4.89. The van der Waals surface area contributed by atoms with E-state index >= 15 is 0 Å². The summed E-state index contributed by atoms with van der Waals surface area (Å²) in [7, 11) is 3.49. The van der Waals surface area contributed by atoms with Gasteiger partial charge in [-0.25, -0.2) is 0 Å². The van der Waals surface area contributed by atoms with Gasteiger partial charge in [0.25, 0.3) is 0 Å². The Hall–Kier alpha value is -1.23. The Morgan fingerprint density at radius 1 is 1.47 bits per heavy atom. The summed E-state index contributed by atoms with van der Waals surface area (Å²) in [6.45, 7) is 4.29. The molecular weight excluding hydrogens is 310 g/mol. The van der Waals surface area contributed by atoms with Gasteiger partial charge in [-0.3, -0.25) is 4.79 Å². The maximum Gasteiger partial charge on any atom is 0.308 e. The standard InChI is InChI=1S/C14H20BrNO3/c1-9(2)11(14(17)18)8-16(3)12-7-10(15)5-6-13(12)19-4/h5-7,9,11H,8H2,1-4H3,(H,17,18). The highest BCUT2D eigenvalue weighted by atomic mass is 79.9. The molecule has 4 nitrogen and oxygen atoms in total. The lowest BCUT2D eigenvalue weighted by molar-refractivity contribution is -0.142. The molecule has 1 rings (SSSR count). The lowest BCUT2D eigenvalue weighted by Crippen LogP contribution is -2.33. The van der Waals surface area contributed by atoms with Gasteiger partial charge < -0.3 is 14.7 Å². The zero-order valence-corrected chi connectivity index (χ0v) is 13.3. The van der Waals surface area contributed by atoms with Gasteiger partial charge in [0, 0.05) is 18.1 Å². The fourth-order valence-electron chi connectivity index (χ4n) is 1.93. The zero-order chi connectivity index (χ0) is 14.6. The molecule has 106 valence electrons. The number of benzene rings is 1. The summed E-state index contributed by atoms with van der Waals surface area (Å²) in [6.07, 6.45) is 0. The monoisotopic (exact) mass is 329 g/mol. The van der Waals surface area contributed by atoms with Crippen molar-refractivity contribution in [2.75, 3.05) is 25.6 Å². The minimum absolute atomic E-state index is 0.0816. The summed E-state index contributed by atoms with van der Waals surface area (Å²) >= 11 is 3.42. The molecule has 0 radical (unpaired) electrons. The fourth-order valence-corrected chi connectivity index (χ4v) is 2.28. The number of hydrogen-bond acceptors (Lipinski definition) is 3. The number of aliphatic carboxylic acids is 1. The van der Waals surface area contributed by atoms with Crippen LogP contribution in [0.4, 0.5) is 5.69 Å². The molecule has 0 fully saturated rings. The molecule has 0 bridgehead atoms. The molecular formula is C14H20BrNO3. The third-order valence-corrected chi connectivity index (χ3v) is 3.64. The van der Waals surface area contributed by atoms with Gasteiger partial charge in [-0.15, -0.1) is 0 Å².